The first kappa shape index (κ1) is 23.0. The Labute approximate surface area is 207 Å². The lowest BCUT2D eigenvalue weighted by molar-refractivity contribution is -0.143. The van der Waals surface area contributed by atoms with Crippen molar-refractivity contribution in [1.82, 2.24) is 9.80 Å². The maximum Gasteiger partial charge on any atom is 0.233 e. The molecule has 2 aliphatic heterocycles. The Bertz CT molecular complexity index is 968. The Hall–Kier alpha value is -1.75. The summed E-state index contributed by atoms with van der Waals surface area (Å²) in [6.07, 6.45) is 5.35. The molecule has 2 aromatic rings. The van der Waals surface area contributed by atoms with Gasteiger partial charge in [0.2, 0.25) is 5.91 Å². The number of para-hydroxylation sites is 1. The molecular weight excluding hydrogens is 453 g/mol. The van der Waals surface area contributed by atoms with Crippen LogP contribution in [0.15, 0.2) is 48.5 Å². The molecule has 4 nitrogen and oxygen atoms in total. The van der Waals surface area contributed by atoms with E-state index < -0.39 is 0 Å². The van der Waals surface area contributed by atoms with E-state index in [9.17, 15) is 4.79 Å². The average molecular weight is 486 g/mol. The minimum Gasteiger partial charge on any atom is -0.368 e. The lowest BCUT2D eigenvalue weighted by Crippen LogP contribution is -2.55. The van der Waals surface area contributed by atoms with Crippen LogP contribution in [-0.4, -0.2) is 61.5 Å². The molecule has 1 aliphatic carbocycles. The molecule has 33 heavy (non-hydrogen) atoms. The van der Waals surface area contributed by atoms with Crippen molar-refractivity contribution < 1.29 is 4.79 Å². The number of halogens is 2. The number of carbonyl (C=O) groups excluding carboxylic acids is 1. The number of anilines is 1. The molecule has 5 rings (SSSR count). The van der Waals surface area contributed by atoms with E-state index in [0.717, 1.165) is 92.8 Å². The SMILES string of the molecule is O=C(N1CCCC(CN2CCN(c3ccccc3Cl)CC2)C1)C1(c2ccc(Cl)cc2)CCC1. The molecule has 2 heterocycles. The van der Waals surface area contributed by atoms with Crippen LogP contribution in [0.5, 0.6) is 0 Å². The van der Waals surface area contributed by atoms with Crippen LogP contribution < -0.4 is 4.90 Å². The summed E-state index contributed by atoms with van der Waals surface area (Å²) in [5.41, 5.74) is 1.95. The van der Waals surface area contributed by atoms with Gasteiger partial charge in [-0.1, -0.05) is 53.9 Å². The highest BCUT2D eigenvalue weighted by Gasteiger charge is 2.48. The van der Waals surface area contributed by atoms with Gasteiger partial charge in [-0.3, -0.25) is 9.69 Å². The van der Waals surface area contributed by atoms with E-state index in [1.807, 2.05) is 24.3 Å². The van der Waals surface area contributed by atoms with Crippen LogP contribution in [0.25, 0.3) is 0 Å². The highest BCUT2D eigenvalue weighted by molar-refractivity contribution is 6.33. The first-order valence-corrected chi connectivity index (χ1v) is 13.1. The van der Waals surface area contributed by atoms with Gasteiger partial charge in [-0.25, -0.2) is 0 Å². The van der Waals surface area contributed by atoms with Crippen molar-refractivity contribution in [3.63, 3.8) is 0 Å². The summed E-state index contributed by atoms with van der Waals surface area (Å²) in [6, 6.07) is 16.1. The summed E-state index contributed by atoms with van der Waals surface area (Å²) in [7, 11) is 0. The van der Waals surface area contributed by atoms with Gasteiger partial charge in [0.05, 0.1) is 16.1 Å². The van der Waals surface area contributed by atoms with Crippen molar-refractivity contribution in [3.8, 4) is 0 Å². The summed E-state index contributed by atoms with van der Waals surface area (Å²) in [5.74, 6) is 0.890. The van der Waals surface area contributed by atoms with E-state index in [-0.39, 0.29) is 5.41 Å². The monoisotopic (exact) mass is 485 g/mol. The first-order chi connectivity index (χ1) is 16.0. The van der Waals surface area contributed by atoms with Crippen molar-refractivity contribution in [3.05, 3.63) is 64.1 Å². The van der Waals surface area contributed by atoms with E-state index >= 15 is 0 Å². The molecule has 1 amide bonds. The molecule has 2 saturated heterocycles. The Balaban J connectivity index is 1.18. The van der Waals surface area contributed by atoms with E-state index in [4.69, 9.17) is 23.2 Å². The second-order valence-corrected chi connectivity index (χ2v) is 10.8. The van der Waals surface area contributed by atoms with Gasteiger partial charge < -0.3 is 9.80 Å². The Morgan fingerprint density at radius 1 is 0.909 bits per heavy atom. The topological polar surface area (TPSA) is 26.8 Å². The number of amides is 1. The van der Waals surface area contributed by atoms with Gasteiger partial charge in [0, 0.05) is 50.8 Å². The summed E-state index contributed by atoms with van der Waals surface area (Å²) < 4.78 is 0. The zero-order valence-corrected chi connectivity index (χ0v) is 20.7. The third-order valence-electron chi connectivity index (χ3n) is 7.90. The Morgan fingerprint density at radius 3 is 2.30 bits per heavy atom. The molecule has 6 heteroatoms. The number of carbonyl (C=O) groups is 1. The van der Waals surface area contributed by atoms with Crippen molar-refractivity contribution in [1.29, 1.82) is 0 Å². The number of likely N-dealkylation sites (tertiary alicyclic amines) is 1. The van der Waals surface area contributed by atoms with Crippen molar-refractivity contribution in [2.75, 3.05) is 50.7 Å². The van der Waals surface area contributed by atoms with Crippen LogP contribution in [0.3, 0.4) is 0 Å². The molecule has 0 radical (unpaired) electrons. The van der Waals surface area contributed by atoms with Crippen molar-refractivity contribution >= 4 is 34.8 Å². The largest absolute Gasteiger partial charge is 0.368 e. The molecule has 0 spiro atoms. The van der Waals surface area contributed by atoms with Crippen LogP contribution >= 0.6 is 23.2 Å². The summed E-state index contributed by atoms with van der Waals surface area (Å²) >= 11 is 12.5. The maximum absolute atomic E-state index is 13.7. The van der Waals surface area contributed by atoms with Crippen LogP contribution in [0.1, 0.15) is 37.7 Å². The predicted molar refractivity (Wildman–Crippen MR) is 136 cm³/mol. The Kier molecular flexibility index (Phi) is 6.87. The fourth-order valence-electron chi connectivity index (χ4n) is 5.87. The van der Waals surface area contributed by atoms with Crippen molar-refractivity contribution in [2.24, 2.45) is 5.92 Å². The van der Waals surface area contributed by atoms with Gasteiger partial charge in [-0.05, 0) is 61.4 Å². The number of hydrogen-bond donors (Lipinski definition) is 0. The Morgan fingerprint density at radius 2 is 1.64 bits per heavy atom. The molecule has 1 saturated carbocycles. The van der Waals surface area contributed by atoms with Crippen LogP contribution in [0, 0.1) is 5.92 Å². The minimum atomic E-state index is -0.326. The van der Waals surface area contributed by atoms with Gasteiger partial charge >= 0.3 is 0 Å². The number of rotatable bonds is 5. The van der Waals surface area contributed by atoms with E-state index in [0.29, 0.717) is 11.8 Å². The highest BCUT2D eigenvalue weighted by atomic mass is 35.5. The zero-order valence-electron chi connectivity index (χ0n) is 19.2. The maximum atomic E-state index is 13.7. The van der Waals surface area contributed by atoms with E-state index in [2.05, 4.69) is 39.0 Å². The fraction of sp³-hybridized carbons (Fsp3) is 0.519. The van der Waals surface area contributed by atoms with Gasteiger partial charge in [-0.15, -0.1) is 0 Å². The smallest absolute Gasteiger partial charge is 0.233 e. The second-order valence-electron chi connectivity index (χ2n) is 9.94. The third kappa shape index (κ3) is 4.76. The molecule has 3 aliphatic rings. The van der Waals surface area contributed by atoms with E-state index in [1.54, 1.807) is 0 Å². The summed E-state index contributed by atoms with van der Waals surface area (Å²) in [4.78, 5) is 20.9. The third-order valence-corrected chi connectivity index (χ3v) is 8.47. The van der Waals surface area contributed by atoms with Crippen LogP contribution in [0.2, 0.25) is 10.0 Å². The first-order valence-electron chi connectivity index (χ1n) is 12.3. The second kappa shape index (κ2) is 9.85. The normalized spacial score (nSPS) is 23.3. The van der Waals surface area contributed by atoms with Crippen LogP contribution in [-0.2, 0) is 10.2 Å². The van der Waals surface area contributed by atoms with E-state index in [1.165, 1.54) is 6.42 Å². The number of piperidine rings is 1. The standard InChI is InChI=1S/C27H33Cl2N3O/c28-23-10-8-22(9-11-23)27(12-4-13-27)26(33)32-14-3-5-21(20-32)19-30-15-17-31(18-16-30)25-7-2-1-6-24(25)29/h1-2,6-11,21H,3-5,12-20H2. The average Bonchev–Trinajstić information content (AvgIpc) is 2.81. The molecule has 2 aromatic carbocycles. The zero-order chi connectivity index (χ0) is 22.8. The van der Waals surface area contributed by atoms with Crippen molar-refractivity contribution in [2.45, 2.75) is 37.5 Å². The quantitative estimate of drug-likeness (QED) is 0.561. The van der Waals surface area contributed by atoms with Gasteiger partial charge in [0.25, 0.3) is 0 Å². The molecule has 1 unspecified atom stereocenters. The van der Waals surface area contributed by atoms with Gasteiger partial charge in [-0.2, -0.15) is 0 Å². The number of benzene rings is 2. The summed E-state index contributed by atoms with van der Waals surface area (Å²) in [5, 5.41) is 1.56. The predicted octanol–water partition coefficient (Wildman–Crippen LogP) is 5.48. The number of piperazine rings is 1. The van der Waals surface area contributed by atoms with Crippen LogP contribution in [0.4, 0.5) is 5.69 Å². The fourth-order valence-corrected chi connectivity index (χ4v) is 6.25. The molecule has 1 atom stereocenters. The molecular formula is C27H33Cl2N3O. The molecule has 3 fully saturated rings. The molecule has 0 bridgehead atoms. The number of nitrogens with zero attached hydrogens (tertiary/aromatic N) is 3. The lowest BCUT2D eigenvalue weighted by atomic mass is 9.63. The number of hydrogen-bond acceptors (Lipinski definition) is 3. The lowest BCUT2D eigenvalue weighted by Gasteiger charge is -2.46. The summed E-state index contributed by atoms with van der Waals surface area (Å²) in [6.45, 7) is 6.95. The van der Waals surface area contributed by atoms with Gasteiger partial charge in [0.15, 0.2) is 0 Å². The van der Waals surface area contributed by atoms with Gasteiger partial charge in [0.1, 0.15) is 0 Å². The molecule has 176 valence electrons. The minimum absolute atomic E-state index is 0.326. The highest BCUT2D eigenvalue weighted by Crippen LogP contribution is 2.46. The molecule has 0 N–H and O–H groups in total. The molecule has 0 aromatic heterocycles.